The zero-order valence-electron chi connectivity index (χ0n) is 3.98. The van der Waals surface area contributed by atoms with E-state index in [9.17, 15) is 4.79 Å². The van der Waals surface area contributed by atoms with Gasteiger partial charge in [0.2, 0.25) is 0 Å². The molecule has 1 nitrogen and oxygen atoms in total. The van der Waals surface area contributed by atoms with E-state index in [1.54, 1.807) is 0 Å². The van der Waals surface area contributed by atoms with Crippen molar-refractivity contribution in [3.63, 3.8) is 0 Å². The summed E-state index contributed by atoms with van der Waals surface area (Å²) in [6, 6.07) is 0. The number of carbonyl (C=O) groups excluding carboxylic acids is 1. The molecule has 0 saturated heterocycles. The number of alkyl halides is 1. The van der Waals surface area contributed by atoms with Gasteiger partial charge in [0.15, 0.2) is 0 Å². The molecule has 0 aromatic carbocycles. The lowest BCUT2D eigenvalue weighted by Gasteiger charge is -1.86. The molecule has 3 heteroatoms. The van der Waals surface area contributed by atoms with Gasteiger partial charge in [-0.1, -0.05) is 15.9 Å². The first-order valence-corrected chi connectivity index (χ1v) is 3.21. The Morgan fingerprint density at radius 2 is 2.29 bits per heavy atom. The zero-order valence-corrected chi connectivity index (χ0v) is 5.57. The van der Waals surface area contributed by atoms with Gasteiger partial charge in [0, 0.05) is 11.8 Å². The monoisotopic (exact) mass is 160 g/mol. The van der Waals surface area contributed by atoms with E-state index in [0.29, 0.717) is 6.42 Å². The molecule has 0 atom stereocenters. The largest absolute Gasteiger partial charge is 0.301 e. The van der Waals surface area contributed by atoms with Crippen molar-refractivity contribution in [2.24, 2.45) is 0 Å². The normalized spacial score (nSPS) is 8.71. The Morgan fingerprint density at radius 1 is 1.71 bits per heavy atom. The van der Waals surface area contributed by atoms with E-state index in [0.717, 1.165) is 5.33 Å². The van der Waals surface area contributed by atoms with E-state index in [4.69, 9.17) is 7.85 Å². The molecule has 0 aliphatic heterocycles. The van der Waals surface area contributed by atoms with Gasteiger partial charge in [-0.2, -0.15) is 0 Å². The molecule has 0 spiro atoms. The third kappa shape index (κ3) is 4.06. The first kappa shape index (κ1) is 7.21. The van der Waals surface area contributed by atoms with Crippen LogP contribution in [0.2, 0.25) is 6.32 Å². The van der Waals surface area contributed by atoms with Gasteiger partial charge in [-0.05, 0) is 6.32 Å². The van der Waals surface area contributed by atoms with Crippen LogP contribution < -0.4 is 0 Å². The van der Waals surface area contributed by atoms with Crippen LogP contribution in [0.4, 0.5) is 0 Å². The van der Waals surface area contributed by atoms with Crippen molar-refractivity contribution in [2.45, 2.75) is 12.7 Å². The summed E-state index contributed by atoms with van der Waals surface area (Å²) in [5.74, 6) is 0.108. The van der Waals surface area contributed by atoms with Crippen molar-refractivity contribution in [3.8, 4) is 0 Å². The van der Waals surface area contributed by atoms with Crippen molar-refractivity contribution in [2.75, 3.05) is 5.33 Å². The highest BCUT2D eigenvalue weighted by atomic mass is 79.9. The number of hydrogen-bond acceptors (Lipinski definition) is 1. The fraction of sp³-hybridized carbons (Fsp3) is 0.750. The molecule has 0 saturated carbocycles. The van der Waals surface area contributed by atoms with Crippen molar-refractivity contribution < 1.29 is 4.79 Å². The lowest BCUT2D eigenvalue weighted by molar-refractivity contribution is -0.116. The maximum atomic E-state index is 10.3. The molecule has 0 rings (SSSR count). The van der Waals surface area contributed by atoms with E-state index >= 15 is 0 Å². The van der Waals surface area contributed by atoms with Crippen LogP contribution in [0.1, 0.15) is 6.42 Å². The minimum Gasteiger partial charge on any atom is -0.301 e. The molecule has 0 heterocycles. The lowest BCUT2D eigenvalue weighted by atomic mass is 10.00. The fourth-order valence-electron chi connectivity index (χ4n) is 0.207. The summed E-state index contributed by atoms with van der Waals surface area (Å²) in [5, 5.41) is 0.725. The van der Waals surface area contributed by atoms with Crippen LogP contribution in [-0.4, -0.2) is 19.0 Å². The molecule has 7 heavy (non-hydrogen) atoms. The summed E-state index contributed by atoms with van der Waals surface area (Å²) in [5.41, 5.74) is 0. The molecule has 0 unspecified atom stereocenters. The van der Waals surface area contributed by atoms with Crippen LogP contribution in [0, 0.1) is 0 Å². The van der Waals surface area contributed by atoms with Gasteiger partial charge in [0.1, 0.15) is 5.78 Å². The van der Waals surface area contributed by atoms with E-state index in [-0.39, 0.29) is 12.1 Å². The molecule has 0 aromatic heterocycles. The van der Waals surface area contributed by atoms with Crippen molar-refractivity contribution >= 4 is 29.6 Å². The maximum Gasteiger partial charge on any atom is 0.125 e. The number of rotatable bonds is 3. The predicted octanol–water partition coefficient (Wildman–Crippen LogP) is 0.927. The van der Waals surface area contributed by atoms with Crippen molar-refractivity contribution in [1.29, 1.82) is 0 Å². The molecule has 38 valence electrons. The Balaban J connectivity index is 3.00. The Morgan fingerprint density at radius 3 is 2.43 bits per heavy atom. The molecule has 0 aliphatic rings. The lowest BCUT2D eigenvalue weighted by Crippen LogP contribution is -1.94. The van der Waals surface area contributed by atoms with Crippen molar-refractivity contribution in [1.82, 2.24) is 0 Å². The molecule has 0 aromatic rings. The zero-order chi connectivity index (χ0) is 5.70. The van der Waals surface area contributed by atoms with E-state index in [2.05, 4.69) is 15.9 Å². The Kier molecular flexibility index (Phi) is 4.51. The smallest absolute Gasteiger partial charge is 0.125 e. The number of ketones is 1. The average Bonchev–Trinajstić information content (AvgIpc) is 1.68. The van der Waals surface area contributed by atoms with Crippen molar-refractivity contribution in [3.05, 3.63) is 0 Å². The van der Waals surface area contributed by atoms with Crippen LogP contribution >= 0.6 is 15.9 Å². The highest BCUT2D eigenvalue weighted by molar-refractivity contribution is 9.09. The average molecular weight is 161 g/mol. The minimum absolute atomic E-state index is 0.108. The van der Waals surface area contributed by atoms with Gasteiger partial charge in [0.25, 0.3) is 0 Å². The third-order valence-electron chi connectivity index (χ3n) is 0.601. The van der Waals surface area contributed by atoms with Gasteiger partial charge in [0.05, 0.1) is 7.85 Å². The number of halogens is 1. The Labute approximate surface area is 53.0 Å². The Bertz CT molecular complexity index is 64.7. The standard InChI is InChI=1S/C4H6BBrO/c5-3-4(7)1-2-6/h1-3H2. The second kappa shape index (κ2) is 4.38. The molecular formula is C4H6BBrO. The maximum absolute atomic E-state index is 10.3. The predicted molar refractivity (Wildman–Crippen MR) is 34.0 cm³/mol. The quantitative estimate of drug-likeness (QED) is 0.444. The number of carbonyl (C=O) groups is 1. The van der Waals surface area contributed by atoms with Gasteiger partial charge >= 0.3 is 0 Å². The first-order valence-electron chi connectivity index (χ1n) is 2.09. The Hall–Kier alpha value is 0.215. The summed E-state index contributed by atoms with van der Waals surface area (Å²) in [6.45, 7) is 0. The summed E-state index contributed by atoms with van der Waals surface area (Å²) in [4.78, 5) is 10.3. The highest BCUT2D eigenvalue weighted by Crippen LogP contribution is 1.90. The molecule has 2 radical (unpaired) electrons. The molecular weight excluding hydrogens is 155 g/mol. The fourth-order valence-corrected chi connectivity index (χ4v) is 0.650. The van der Waals surface area contributed by atoms with Crippen LogP contribution in [0.15, 0.2) is 0 Å². The summed E-state index contributed by atoms with van der Waals surface area (Å²) >= 11 is 3.11. The number of Topliss-reactive ketones (excluding diaryl/α,β-unsaturated/α-hetero) is 1. The molecule has 0 amide bonds. The second-order valence-corrected chi connectivity index (χ2v) is 1.97. The van der Waals surface area contributed by atoms with Gasteiger partial charge in [-0.25, -0.2) is 0 Å². The summed E-state index contributed by atoms with van der Waals surface area (Å²) < 4.78 is 0. The van der Waals surface area contributed by atoms with Crippen LogP contribution in [-0.2, 0) is 4.79 Å². The minimum atomic E-state index is 0.108. The SMILES string of the molecule is [B]CC(=O)CCBr. The first-order chi connectivity index (χ1) is 3.31. The second-order valence-electron chi connectivity index (χ2n) is 1.18. The summed E-state index contributed by atoms with van der Waals surface area (Å²) in [6.07, 6.45) is 0.724. The van der Waals surface area contributed by atoms with E-state index in [1.807, 2.05) is 0 Å². The topological polar surface area (TPSA) is 17.1 Å². The molecule has 0 aliphatic carbocycles. The van der Waals surface area contributed by atoms with Gasteiger partial charge in [-0.15, -0.1) is 0 Å². The molecule has 0 fully saturated rings. The van der Waals surface area contributed by atoms with Gasteiger partial charge < -0.3 is 4.79 Å². The third-order valence-corrected chi connectivity index (χ3v) is 0.997. The molecule has 0 bridgehead atoms. The van der Waals surface area contributed by atoms with Gasteiger partial charge in [-0.3, -0.25) is 0 Å². The van der Waals surface area contributed by atoms with E-state index in [1.165, 1.54) is 0 Å². The number of hydrogen-bond donors (Lipinski definition) is 0. The highest BCUT2D eigenvalue weighted by Gasteiger charge is 1.91. The summed E-state index contributed by atoms with van der Waals surface area (Å²) in [7, 11) is 4.99. The van der Waals surface area contributed by atoms with E-state index < -0.39 is 0 Å². The van der Waals surface area contributed by atoms with Crippen LogP contribution in [0.5, 0.6) is 0 Å². The molecule has 0 N–H and O–H groups in total. The van der Waals surface area contributed by atoms with Crippen LogP contribution in [0.25, 0.3) is 0 Å². The van der Waals surface area contributed by atoms with Crippen LogP contribution in [0.3, 0.4) is 0 Å².